The van der Waals surface area contributed by atoms with Crippen molar-refractivity contribution in [2.24, 2.45) is 5.92 Å². The Bertz CT molecular complexity index is 438. The van der Waals surface area contributed by atoms with E-state index in [9.17, 15) is 9.59 Å². The number of hydrogen-bond donors (Lipinski definition) is 2. The summed E-state index contributed by atoms with van der Waals surface area (Å²) < 4.78 is 0. The van der Waals surface area contributed by atoms with Crippen LogP contribution in [0.15, 0.2) is 23.0 Å². The molecular formula is C12H16N2O2S. The van der Waals surface area contributed by atoms with Gasteiger partial charge >= 0.3 is 0 Å². The Morgan fingerprint density at radius 2 is 2.18 bits per heavy atom. The lowest BCUT2D eigenvalue weighted by molar-refractivity contribution is 0.0941. The van der Waals surface area contributed by atoms with Crippen LogP contribution in [0.1, 0.15) is 23.3 Å². The molecular weight excluding hydrogens is 236 g/mol. The lowest BCUT2D eigenvalue weighted by Gasteiger charge is -2.21. The quantitative estimate of drug-likeness (QED) is 0.851. The Kier molecular flexibility index (Phi) is 4.25. The number of carbonyl (C=O) groups is 1. The topological polar surface area (TPSA) is 62.0 Å². The predicted molar refractivity (Wildman–Crippen MR) is 69.4 cm³/mol. The molecule has 2 N–H and O–H groups in total. The zero-order chi connectivity index (χ0) is 12.1. The van der Waals surface area contributed by atoms with Crippen LogP contribution in [0, 0.1) is 5.92 Å². The van der Waals surface area contributed by atoms with Crippen molar-refractivity contribution in [3.8, 4) is 0 Å². The minimum Gasteiger partial charge on any atom is -0.350 e. The van der Waals surface area contributed by atoms with E-state index in [1.54, 1.807) is 12.1 Å². The minimum absolute atomic E-state index is 0.194. The largest absolute Gasteiger partial charge is 0.350 e. The highest BCUT2D eigenvalue weighted by Crippen LogP contribution is 2.21. The average molecular weight is 252 g/mol. The van der Waals surface area contributed by atoms with Gasteiger partial charge in [-0.3, -0.25) is 9.59 Å². The van der Waals surface area contributed by atoms with Crippen molar-refractivity contribution in [3.63, 3.8) is 0 Å². The first-order valence-electron chi connectivity index (χ1n) is 5.81. The van der Waals surface area contributed by atoms with Crippen LogP contribution in [0.5, 0.6) is 0 Å². The molecule has 0 aliphatic carbocycles. The number of hydrogen-bond acceptors (Lipinski definition) is 3. The van der Waals surface area contributed by atoms with Crippen LogP contribution in [0.4, 0.5) is 0 Å². The molecule has 0 saturated carbocycles. The first kappa shape index (κ1) is 12.2. The molecule has 1 aliphatic heterocycles. The van der Waals surface area contributed by atoms with Crippen LogP contribution in [0.2, 0.25) is 0 Å². The molecule has 2 rings (SSSR count). The molecule has 1 aromatic heterocycles. The molecule has 0 radical (unpaired) electrons. The van der Waals surface area contributed by atoms with Crippen molar-refractivity contribution in [2.45, 2.75) is 12.8 Å². The van der Waals surface area contributed by atoms with Crippen molar-refractivity contribution >= 4 is 17.7 Å². The zero-order valence-electron chi connectivity index (χ0n) is 9.57. The van der Waals surface area contributed by atoms with Crippen molar-refractivity contribution < 1.29 is 4.79 Å². The van der Waals surface area contributed by atoms with E-state index in [0.717, 1.165) is 12.8 Å². The summed E-state index contributed by atoms with van der Waals surface area (Å²) in [4.78, 5) is 25.3. The molecule has 0 aromatic carbocycles. The van der Waals surface area contributed by atoms with Gasteiger partial charge in [0.1, 0.15) is 5.69 Å². The van der Waals surface area contributed by atoms with Gasteiger partial charge in [-0.25, -0.2) is 0 Å². The number of rotatable bonds is 3. The maximum Gasteiger partial charge on any atom is 0.267 e. The summed E-state index contributed by atoms with van der Waals surface area (Å²) in [7, 11) is 0. The molecule has 0 bridgehead atoms. The van der Waals surface area contributed by atoms with Crippen molar-refractivity contribution in [1.29, 1.82) is 0 Å². The van der Waals surface area contributed by atoms with Crippen LogP contribution < -0.4 is 10.9 Å². The molecule has 4 nitrogen and oxygen atoms in total. The van der Waals surface area contributed by atoms with E-state index in [4.69, 9.17) is 0 Å². The normalized spacial score (nSPS) is 16.7. The summed E-state index contributed by atoms with van der Waals surface area (Å²) in [6.07, 6.45) is 2.33. The second kappa shape index (κ2) is 5.91. The summed E-state index contributed by atoms with van der Waals surface area (Å²) in [5.74, 6) is 2.75. The van der Waals surface area contributed by atoms with Crippen LogP contribution in [-0.4, -0.2) is 28.9 Å². The summed E-state index contributed by atoms with van der Waals surface area (Å²) >= 11 is 1.97. The van der Waals surface area contributed by atoms with E-state index in [-0.39, 0.29) is 11.5 Å². The van der Waals surface area contributed by atoms with Gasteiger partial charge < -0.3 is 10.3 Å². The highest BCUT2D eigenvalue weighted by atomic mass is 32.2. The SMILES string of the molecule is O=C(NCC1CCSCC1)c1cccc(=O)[nH]1. The third-order valence-corrected chi connectivity index (χ3v) is 3.95. The lowest BCUT2D eigenvalue weighted by Crippen LogP contribution is -2.32. The summed E-state index contributed by atoms with van der Waals surface area (Å²) in [5, 5.41) is 2.88. The Hall–Kier alpha value is -1.23. The van der Waals surface area contributed by atoms with Gasteiger partial charge in [-0.2, -0.15) is 11.8 Å². The Morgan fingerprint density at radius 3 is 2.88 bits per heavy atom. The fourth-order valence-electron chi connectivity index (χ4n) is 1.86. The summed E-state index contributed by atoms with van der Waals surface area (Å²) in [6.45, 7) is 0.705. The highest BCUT2D eigenvalue weighted by Gasteiger charge is 2.15. The summed E-state index contributed by atoms with van der Waals surface area (Å²) in [5.41, 5.74) is 0.0920. The number of pyridine rings is 1. The maximum absolute atomic E-state index is 11.8. The van der Waals surface area contributed by atoms with Gasteiger partial charge in [0.25, 0.3) is 5.91 Å². The van der Waals surface area contributed by atoms with E-state index < -0.39 is 0 Å². The van der Waals surface area contributed by atoms with E-state index >= 15 is 0 Å². The third-order valence-electron chi connectivity index (χ3n) is 2.91. The van der Waals surface area contributed by atoms with Crippen LogP contribution >= 0.6 is 11.8 Å². The Balaban J connectivity index is 1.86. The van der Waals surface area contributed by atoms with Crippen LogP contribution in [-0.2, 0) is 0 Å². The maximum atomic E-state index is 11.8. The molecule has 2 heterocycles. The zero-order valence-corrected chi connectivity index (χ0v) is 10.4. The number of aromatic amines is 1. The molecule has 1 aliphatic rings. The first-order chi connectivity index (χ1) is 8.25. The molecule has 17 heavy (non-hydrogen) atoms. The fraction of sp³-hybridized carbons (Fsp3) is 0.500. The standard InChI is InChI=1S/C12H16N2O2S/c15-11-3-1-2-10(14-11)12(16)13-8-9-4-6-17-7-5-9/h1-3,9H,4-8H2,(H,13,16)(H,14,15). The second-order valence-electron chi connectivity index (χ2n) is 4.19. The molecule has 92 valence electrons. The van der Waals surface area contributed by atoms with E-state index in [1.807, 2.05) is 11.8 Å². The van der Waals surface area contributed by atoms with Crippen molar-refractivity contribution in [3.05, 3.63) is 34.2 Å². The third kappa shape index (κ3) is 3.63. The van der Waals surface area contributed by atoms with E-state index in [1.165, 1.54) is 17.6 Å². The van der Waals surface area contributed by atoms with E-state index in [2.05, 4.69) is 10.3 Å². The number of H-pyrrole nitrogens is 1. The van der Waals surface area contributed by atoms with Gasteiger partial charge in [-0.1, -0.05) is 6.07 Å². The number of amides is 1. The molecule has 0 atom stereocenters. The molecule has 1 saturated heterocycles. The smallest absolute Gasteiger partial charge is 0.267 e. The minimum atomic E-state index is -0.244. The van der Waals surface area contributed by atoms with Crippen molar-refractivity contribution in [2.75, 3.05) is 18.1 Å². The number of thioether (sulfide) groups is 1. The Labute approximate surface area is 104 Å². The average Bonchev–Trinajstić information content (AvgIpc) is 2.37. The van der Waals surface area contributed by atoms with Gasteiger partial charge in [0.2, 0.25) is 5.56 Å². The summed E-state index contributed by atoms with van der Waals surface area (Å²) in [6, 6.07) is 4.60. The van der Waals surface area contributed by atoms with Gasteiger partial charge in [0.05, 0.1) is 0 Å². The van der Waals surface area contributed by atoms with E-state index in [0.29, 0.717) is 18.2 Å². The second-order valence-corrected chi connectivity index (χ2v) is 5.42. The van der Waals surface area contributed by atoms with Crippen LogP contribution in [0.3, 0.4) is 0 Å². The molecule has 5 heteroatoms. The van der Waals surface area contributed by atoms with Crippen LogP contribution in [0.25, 0.3) is 0 Å². The molecule has 0 unspecified atom stereocenters. The molecule has 0 spiro atoms. The molecule has 1 amide bonds. The lowest BCUT2D eigenvalue weighted by atomic mass is 10.0. The highest BCUT2D eigenvalue weighted by molar-refractivity contribution is 7.99. The molecule has 1 fully saturated rings. The number of aromatic nitrogens is 1. The number of carbonyl (C=O) groups excluding carboxylic acids is 1. The molecule has 1 aromatic rings. The van der Waals surface area contributed by atoms with Gasteiger partial charge in [-0.15, -0.1) is 0 Å². The van der Waals surface area contributed by atoms with Crippen molar-refractivity contribution in [1.82, 2.24) is 10.3 Å². The first-order valence-corrected chi connectivity index (χ1v) is 6.96. The predicted octanol–water partition coefficient (Wildman–Crippen LogP) is 1.25. The van der Waals surface area contributed by atoms with Gasteiger partial charge in [0.15, 0.2) is 0 Å². The Morgan fingerprint density at radius 1 is 1.41 bits per heavy atom. The fourth-order valence-corrected chi connectivity index (χ4v) is 3.07. The number of nitrogens with one attached hydrogen (secondary N) is 2. The van der Waals surface area contributed by atoms with Gasteiger partial charge in [-0.05, 0) is 36.3 Å². The van der Waals surface area contributed by atoms with Gasteiger partial charge in [0, 0.05) is 12.6 Å². The monoisotopic (exact) mass is 252 g/mol.